The number of ether oxygens (including phenoxy) is 1. The molecule has 1 fully saturated rings. The van der Waals surface area contributed by atoms with Gasteiger partial charge in [0.05, 0.1) is 5.92 Å². The lowest BCUT2D eigenvalue weighted by atomic mass is 9.98. The molecular weight excluding hydrogens is 390 g/mol. The summed E-state index contributed by atoms with van der Waals surface area (Å²) in [5, 5.41) is 1.75. The Bertz CT molecular complexity index is 824. The predicted molar refractivity (Wildman–Crippen MR) is 104 cm³/mol. The molecule has 0 atom stereocenters. The molecule has 5 nitrogen and oxygen atoms in total. The van der Waals surface area contributed by atoms with Crippen molar-refractivity contribution < 1.29 is 17.9 Å². The van der Waals surface area contributed by atoms with Gasteiger partial charge in [0.2, 0.25) is 0 Å². The smallest absolute Gasteiger partial charge is 0.309 e. The summed E-state index contributed by atoms with van der Waals surface area (Å²) >= 11 is 2.88. The van der Waals surface area contributed by atoms with Gasteiger partial charge in [-0.1, -0.05) is 18.2 Å². The highest BCUT2D eigenvalue weighted by atomic mass is 32.2. The molecule has 0 bridgehead atoms. The van der Waals surface area contributed by atoms with Crippen molar-refractivity contribution in [1.82, 2.24) is 4.31 Å². The van der Waals surface area contributed by atoms with Gasteiger partial charge in [0.1, 0.15) is 10.8 Å². The van der Waals surface area contributed by atoms with E-state index in [2.05, 4.69) is 0 Å². The molecule has 8 heteroatoms. The number of carbonyl (C=O) groups excluding carboxylic acids is 1. The van der Waals surface area contributed by atoms with Crippen molar-refractivity contribution in [2.75, 3.05) is 19.3 Å². The van der Waals surface area contributed by atoms with Gasteiger partial charge in [-0.15, -0.1) is 23.1 Å². The first-order chi connectivity index (χ1) is 12.5. The van der Waals surface area contributed by atoms with Gasteiger partial charge in [0.15, 0.2) is 0 Å². The quantitative estimate of drug-likeness (QED) is 0.537. The van der Waals surface area contributed by atoms with Crippen LogP contribution in [0.5, 0.6) is 0 Å². The van der Waals surface area contributed by atoms with E-state index in [4.69, 9.17) is 4.74 Å². The van der Waals surface area contributed by atoms with Crippen molar-refractivity contribution >= 4 is 39.1 Å². The highest BCUT2D eigenvalue weighted by molar-refractivity contribution is 7.98. The van der Waals surface area contributed by atoms with Gasteiger partial charge < -0.3 is 4.74 Å². The fourth-order valence-electron chi connectivity index (χ4n) is 2.86. The van der Waals surface area contributed by atoms with E-state index in [-0.39, 0.29) is 18.5 Å². The van der Waals surface area contributed by atoms with E-state index >= 15 is 0 Å². The van der Waals surface area contributed by atoms with Crippen LogP contribution in [0.2, 0.25) is 0 Å². The molecule has 2 aromatic rings. The Balaban J connectivity index is 1.50. The third-order valence-corrected chi connectivity index (χ3v) is 8.43. The lowest BCUT2D eigenvalue weighted by Gasteiger charge is -2.29. The molecule has 1 saturated heterocycles. The first-order valence-electron chi connectivity index (χ1n) is 8.34. The highest BCUT2D eigenvalue weighted by Crippen LogP contribution is 2.27. The monoisotopic (exact) mass is 411 g/mol. The van der Waals surface area contributed by atoms with Crippen molar-refractivity contribution in [1.29, 1.82) is 0 Å². The third kappa shape index (κ3) is 4.49. The molecule has 1 aromatic carbocycles. The van der Waals surface area contributed by atoms with E-state index < -0.39 is 10.0 Å². The SMILES string of the molecule is CSc1ccc(COC(=O)C2CCN(S(=O)(=O)c3cccs3)CC2)cc1. The van der Waals surface area contributed by atoms with Crippen LogP contribution in [-0.2, 0) is 26.2 Å². The Hall–Kier alpha value is -1.35. The molecule has 0 amide bonds. The van der Waals surface area contributed by atoms with Crippen molar-refractivity contribution in [2.45, 2.75) is 28.6 Å². The van der Waals surface area contributed by atoms with Crippen molar-refractivity contribution in [3.05, 3.63) is 47.3 Å². The van der Waals surface area contributed by atoms with Crippen molar-refractivity contribution in [3.63, 3.8) is 0 Å². The first-order valence-corrected chi connectivity index (χ1v) is 11.9. The van der Waals surface area contributed by atoms with Crippen LogP contribution in [0.4, 0.5) is 0 Å². The number of hydrogen-bond acceptors (Lipinski definition) is 6. The molecule has 1 aliphatic rings. The summed E-state index contributed by atoms with van der Waals surface area (Å²) in [6.07, 6.45) is 3.00. The van der Waals surface area contributed by atoms with Gasteiger partial charge in [-0.25, -0.2) is 8.42 Å². The van der Waals surface area contributed by atoms with Gasteiger partial charge in [-0.05, 0) is 48.2 Å². The maximum absolute atomic E-state index is 12.5. The minimum absolute atomic E-state index is 0.241. The van der Waals surface area contributed by atoms with Crippen LogP contribution in [0.1, 0.15) is 18.4 Å². The van der Waals surface area contributed by atoms with E-state index in [0.717, 1.165) is 5.56 Å². The molecule has 0 spiro atoms. The summed E-state index contributed by atoms with van der Waals surface area (Å²) < 4.78 is 32.3. The molecule has 3 rings (SSSR count). The summed E-state index contributed by atoms with van der Waals surface area (Å²) in [5.74, 6) is -0.484. The van der Waals surface area contributed by atoms with Gasteiger partial charge >= 0.3 is 5.97 Å². The van der Waals surface area contributed by atoms with Gasteiger partial charge in [0.25, 0.3) is 10.0 Å². The van der Waals surface area contributed by atoms with Crippen LogP contribution in [0.15, 0.2) is 50.9 Å². The fourth-order valence-corrected chi connectivity index (χ4v) is 5.89. The summed E-state index contributed by atoms with van der Waals surface area (Å²) in [7, 11) is -3.43. The average molecular weight is 412 g/mol. The van der Waals surface area contributed by atoms with Crippen molar-refractivity contribution in [3.8, 4) is 0 Å². The van der Waals surface area contributed by atoms with E-state index in [1.807, 2.05) is 30.5 Å². The fraction of sp³-hybridized carbons (Fsp3) is 0.389. The molecule has 0 unspecified atom stereocenters. The minimum atomic E-state index is -3.43. The largest absolute Gasteiger partial charge is 0.461 e. The number of nitrogens with zero attached hydrogens (tertiary/aromatic N) is 1. The number of piperidine rings is 1. The molecule has 0 aliphatic carbocycles. The van der Waals surface area contributed by atoms with E-state index in [1.165, 1.54) is 20.5 Å². The number of esters is 1. The standard InChI is InChI=1S/C18H21NO4S3/c1-24-16-6-4-14(5-7-16)13-23-18(20)15-8-10-19(11-9-15)26(21,22)17-3-2-12-25-17/h2-7,12,15H,8-11,13H2,1H3. The topological polar surface area (TPSA) is 63.7 Å². The molecule has 1 aliphatic heterocycles. The third-order valence-electron chi connectivity index (χ3n) is 4.42. The van der Waals surface area contributed by atoms with Crippen LogP contribution >= 0.6 is 23.1 Å². The van der Waals surface area contributed by atoms with Gasteiger partial charge in [0, 0.05) is 18.0 Å². The second-order valence-corrected chi connectivity index (χ2v) is 10.1. The van der Waals surface area contributed by atoms with Gasteiger partial charge in [-0.2, -0.15) is 4.31 Å². The molecule has 0 radical (unpaired) electrons. The Labute approximate surface area is 162 Å². The lowest BCUT2D eigenvalue weighted by molar-refractivity contribution is -0.151. The summed E-state index contributed by atoms with van der Waals surface area (Å²) in [6.45, 7) is 0.950. The highest BCUT2D eigenvalue weighted by Gasteiger charge is 2.33. The number of rotatable bonds is 6. The Morgan fingerprint density at radius 3 is 2.50 bits per heavy atom. The molecule has 2 heterocycles. The summed E-state index contributed by atoms with van der Waals surface area (Å²) in [5.41, 5.74) is 0.953. The van der Waals surface area contributed by atoms with Crippen LogP contribution in [0.3, 0.4) is 0 Å². The number of benzene rings is 1. The molecule has 140 valence electrons. The number of thiophene rings is 1. The number of thioether (sulfide) groups is 1. The van der Waals surface area contributed by atoms with E-state index in [9.17, 15) is 13.2 Å². The maximum Gasteiger partial charge on any atom is 0.309 e. The van der Waals surface area contributed by atoms with Crippen LogP contribution in [0.25, 0.3) is 0 Å². The van der Waals surface area contributed by atoms with E-state index in [0.29, 0.717) is 30.1 Å². The second kappa shape index (κ2) is 8.56. The molecule has 1 aromatic heterocycles. The number of carbonyl (C=O) groups is 1. The zero-order valence-electron chi connectivity index (χ0n) is 14.5. The zero-order valence-corrected chi connectivity index (χ0v) is 16.9. The Kier molecular flexibility index (Phi) is 6.39. The molecule has 0 N–H and O–H groups in total. The average Bonchev–Trinajstić information content (AvgIpc) is 3.22. The van der Waals surface area contributed by atoms with Crippen LogP contribution < -0.4 is 0 Å². The molecule has 0 saturated carbocycles. The van der Waals surface area contributed by atoms with E-state index in [1.54, 1.807) is 29.3 Å². The summed E-state index contributed by atoms with van der Waals surface area (Å²) in [4.78, 5) is 13.5. The Morgan fingerprint density at radius 1 is 1.23 bits per heavy atom. The number of sulfonamides is 1. The van der Waals surface area contributed by atoms with Crippen molar-refractivity contribution in [2.24, 2.45) is 5.92 Å². The van der Waals surface area contributed by atoms with Crippen LogP contribution in [0, 0.1) is 5.92 Å². The second-order valence-electron chi connectivity index (χ2n) is 6.07. The first kappa shape index (κ1) is 19.4. The normalized spacial score (nSPS) is 16.5. The lowest BCUT2D eigenvalue weighted by Crippen LogP contribution is -2.40. The Morgan fingerprint density at radius 2 is 1.92 bits per heavy atom. The number of hydrogen-bond donors (Lipinski definition) is 0. The molecular formula is C18H21NO4S3. The van der Waals surface area contributed by atoms with Crippen LogP contribution in [-0.4, -0.2) is 38.0 Å². The summed E-state index contributed by atoms with van der Waals surface area (Å²) in [6, 6.07) is 11.3. The zero-order chi connectivity index (χ0) is 18.6. The maximum atomic E-state index is 12.5. The van der Waals surface area contributed by atoms with Gasteiger partial charge in [-0.3, -0.25) is 4.79 Å². The minimum Gasteiger partial charge on any atom is -0.461 e. The molecule has 26 heavy (non-hydrogen) atoms. The predicted octanol–water partition coefficient (Wildman–Crippen LogP) is 3.61.